The van der Waals surface area contributed by atoms with Crippen LogP contribution in [-0.2, 0) is 4.79 Å². The Labute approximate surface area is 126 Å². The molecule has 0 bridgehead atoms. The Hall–Kier alpha value is -1.35. The zero-order chi connectivity index (χ0) is 14.5. The summed E-state index contributed by atoms with van der Waals surface area (Å²) >= 11 is 0. The van der Waals surface area contributed by atoms with Crippen molar-refractivity contribution in [3.8, 4) is 0 Å². The third-order valence-corrected chi connectivity index (χ3v) is 5.62. The minimum atomic E-state index is -0.272. The third kappa shape index (κ3) is 2.18. The van der Waals surface area contributed by atoms with Crippen molar-refractivity contribution in [2.24, 2.45) is 5.41 Å². The zero-order valence-corrected chi connectivity index (χ0v) is 12.8. The van der Waals surface area contributed by atoms with Gasteiger partial charge in [0.1, 0.15) is 6.17 Å². The monoisotopic (exact) mass is 284 g/mol. The summed E-state index contributed by atoms with van der Waals surface area (Å²) < 4.78 is 0. The molecule has 2 saturated carbocycles. The molecule has 2 aliphatic carbocycles. The Balaban J connectivity index is 1.67. The largest absolute Gasteiger partial charge is 0.321 e. The Kier molecular flexibility index (Phi) is 2.90. The molecule has 1 heterocycles. The van der Waals surface area contributed by atoms with Crippen molar-refractivity contribution >= 4 is 5.91 Å². The van der Waals surface area contributed by atoms with Crippen LogP contribution in [0, 0.1) is 5.41 Å². The van der Waals surface area contributed by atoms with Crippen molar-refractivity contribution in [2.75, 3.05) is 6.54 Å². The number of rotatable bonds is 3. The van der Waals surface area contributed by atoms with E-state index < -0.39 is 0 Å². The van der Waals surface area contributed by atoms with Gasteiger partial charge in [-0.05, 0) is 36.7 Å². The van der Waals surface area contributed by atoms with Crippen molar-refractivity contribution < 1.29 is 4.79 Å². The molecule has 1 aliphatic heterocycles. The number of hydrogen-bond acceptors (Lipinski definition) is 2. The number of benzene rings is 1. The number of nitrogens with one attached hydrogen (secondary N) is 1. The average molecular weight is 284 g/mol. The van der Waals surface area contributed by atoms with Gasteiger partial charge in [0, 0.05) is 6.54 Å². The first-order chi connectivity index (χ1) is 10.1. The minimum Gasteiger partial charge on any atom is -0.321 e. The molecule has 21 heavy (non-hydrogen) atoms. The molecule has 1 amide bonds. The van der Waals surface area contributed by atoms with Crippen LogP contribution in [0.25, 0.3) is 0 Å². The van der Waals surface area contributed by atoms with E-state index in [1.54, 1.807) is 0 Å². The van der Waals surface area contributed by atoms with Gasteiger partial charge in [-0.25, -0.2) is 0 Å². The second-order valence-electron chi connectivity index (χ2n) is 7.49. The summed E-state index contributed by atoms with van der Waals surface area (Å²) in [6.45, 7) is 3.21. The molecule has 112 valence electrons. The topological polar surface area (TPSA) is 32.3 Å². The third-order valence-electron chi connectivity index (χ3n) is 5.62. The summed E-state index contributed by atoms with van der Waals surface area (Å²) in [5.41, 5.74) is 1.30. The molecule has 3 fully saturated rings. The predicted molar refractivity (Wildman–Crippen MR) is 82.6 cm³/mol. The molecule has 1 N–H and O–H groups in total. The maximum Gasteiger partial charge on any atom is 0.244 e. The molecule has 3 aliphatic rings. The first-order valence-corrected chi connectivity index (χ1v) is 8.26. The number of carbonyl (C=O) groups excluding carboxylic acids is 1. The van der Waals surface area contributed by atoms with Gasteiger partial charge >= 0.3 is 0 Å². The summed E-state index contributed by atoms with van der Waals surface area (Å²) in [4.78, 5) is 15.2. The molecule has 1 aromatic rings. The fraction of sp³-hybridized carbons (Fsp3) is 0.611. The highest BCUT2D eigenvalue weighted by Crippen LogP contribution is 2.49. The lowest BCUT2D eigenvalue weighted by molar-refractivity contribution is -0.134. The van der Waals surface area contributed by atoms with E-state index in [0.717, 1.165) is 19.4 Å². The number of nitrogens with zero attached hydrogens (tertiary/aromatic N) is 1. The molecule has 3 nitrogen and oxygen atoms in total. The molecule has 1 saturated heterocycles. The van der Waals surface area contributed by atoms with Crippen LogP contribution in [0.2, 0.25) is 0 Å². The van der Waals surface area contributed by atoms with Crippen LogP contribution in [0.5, 0.6) is 0 Å². The fourth-order valence-corrected chi connectivity index (χ4v) is 3.97. The summed E-state index contributed by atoms with van der Waals surface area (Å²) in [5.74, 6) is 0.349. The van der Waals surface area contributed by atoms with Crippen molar-refractivity contribution in [3.05, 3.63) is 35.9 Å². The Morgan fingerprint density at radius 2 is 1.81 bits per heavy atom. The first-order valence-electron chi connectivity index (χ1n) is 8.26. The molecular formula is C18H24N2O. The number of amides is 1. The van der Waals surface area contributed by atoms with E-state index >= 15 is 0 Å². The number of hydrogen-bond donors (Lipinski definition) is 1. The Bertz CT molecular complexity index is 544. The van der Waals surface area contributed by atoms with Crippen LogP contribution < -0.4 is 5.32 Å². The number of carbonyl (C=O) groups is 1. The molecule has 1 unspecified atom stereocenters. The molecule has 0 radical (unpaired) electrons. The van der Waals surface area contributed by atoms with Crippen molar-refractivity contribution in [1.82, 2.24) is 10.2 Å². The summed E-state index contributed by atoms with van der Waals surface area (Å²) in [7, 11) is 0. The Morgan fingerprint density at radius 1 is 1.14 bits per heavy atom. The van der Waals surface area contributed by atoms with Gasteiger partial charge in [0.05, 0.1) is 5.54 Å². The lowest BCUT2D eigenvalue weighted by atomic mass is 9.97. The predicted octanol–water partition coefficient (Wildman–Crippen LogP) is 3.23. The van der Waals surface area contributed by atoms with E-state index in [1.165, 1.54) is 31.2 Å². The molecule has 3 heteroatoms. The van der Waals surface area contributed by atoms with Crippen LogP contribution in [0.1, 0.15) is 57.2 Å². The van der Waals surface area contributed by atoms with E-state index in [0.29, 0.717) is 11.3 Å². The van der Waals surface area contributed by atoms with Gasteiger partial charge in [-0.3, -0.25) is 10.1 Å². The van der Waals surface area contributed by atoms with Crippen LogP contribution in [0.15, 0.2) is 30.3 Å². The smallest absolute Gasteiger partial charge is 0.244 e. The first kappa shape index (κ1) is 13.3. The molecular weight excluding hydrogens is 260 g/mol. The van der Waals surface area contributed by atoms with Crippen molar-refractivity contribution in [1.29, 1.82) is 0 Å². The molecule has 4 rings (SSSR count). The van der Waals surface area contributed by atoms with E-state index in [1.807, 2.05) is 6.07 Å². The van der Waals surface area contributed by atoms with Crippen molar-refractivity contribution in [3.63, 3.8) is 0 Å². The van der Waals surface area contributed by atoms with Crippen LogP contribution in [0.3, 0.4) is 0 Å². The highest BCUT2D eigenvalue weighted by atomic mass is 16.2. The quantitative estimate of drug-likeness (QED) is 0.924. The second-order valence-corrected chi connectivity index (χ2v) is 7.49. The van der Waals surface area contributed by atoms with Crippen LogP contribution in [-0.4, -0.2) is 22.9 Å². The minimum absolute atomic E-state index is 0.0641. The zero-order valence-electron chi connectivity index (χ0n) is 12.8. The molecule has 0 aromatic heterocycles. The van der Waals surface area contributed by atoms with Gasteiger partial charge in [0.2, 0.25) is 5.91 Å². The van der Waals surface area contributed by atoms with Crippen LogP contribution >= 0.6 is 0 Å². The van der Waals surface area contributed by atoms with Gasteiger partial charge in [-0.15, -0.1) is 0 Å². The summed E-state index contributed by atoms with van der Waals surface area (Å²) in [6.07, 6.45) is 6.92. The molecule has 1 aromatic carbocycles. The van der Waals surface area contributed by atoms with Gasteiger partial charge in [-0.2, -0.15) is 0 Å². The maximum absolute atomic E-state index is 13.1. The molecule has 1 atom stereocenters. The Morgan fingerprint density at radius 3 is 2.43 bits per heavy atom. The van der Waals surface area contributed by atoms with E-state index in [2.05, 4.69) is 41.4 Å². The normalized spacial score (nSPS) is 29.3. The van der Waals surface area contributed by atoms with E-state index in [4.69, 9.17) is 0 Å². The van der Waals surface area contributed by atoms with Crippen LogP contribution in [0.4, 0.5) is 0 Å². The fourth-order valence-electron chi connectivity index (χ4n) is 3.97. The standard InChI is InChI=1S/C18H24N2O/c1-17(11-12-17)13-20-15(14-7-3-2-4-8-14)19-18(16(20)21)9-5-6-10-18/h2-4,7-8,15,19H,5-6,9-13H2,1H3. The lowest BCUT2D eigenvalue weighted by Gasteiger charge is -2.27. The SMILES string of the molecule is CC1(CN2C(=O)C3(CCCC3)NC2c2ccccc2)CC1. The maximum atomic E-state index is 13.1. The van der Waals surface area contributed by atoms with Gasteiger partial charge in [0.15, 0.2) is 0 Å². The highest BCUT2D eigenvalue weighted by molar-refractivity contribution is 5.89. The summed E-state index contributed by atoms with van der Waals surface area (Å²) in [6, 6.07) is 10.5. The van der Waals surface area contributed by atoms with E-state index in [9.17, 15) is 4.79 Å². The van der Waals surface area contributed by atoms with E-state index in [-0.39, 0.29) is 11.7 Å². The lowest BCUT2D eigenvalue weighted by Crippen LogP contribution is -2.44. The van der Waals surface area contributed by atoms with Gasteiger partial charge < -0.3 is 4.90 Å². The molecule has 1 spiro atoms. The second kappa shape index (κ2) is 4.57. The van der Waals surface area contributed by atoms with Crippen molar-refractivity contribution in [2.45, 2.75) is 57.2 Å². The average Bonchev–Trinajstić information content (AvgIpc) is 2.96. The highest BCUT2D eigenvalue weighted by Gasteiger charge is 2.54. The summed E-state index contributed by atoms with van der Waals surface area (Å²) in [5, 5.41) is 3.71. The van der Waals surface area contributed by atoms with Gasteiger partial charge in [0.25, 0.3) is 0 Å². The van der Waals surface area contributed by atoms with Gasteiger partial charge in [-0.1, -0.05) is 50.1 Å².